The molecule has 0 heterocycles. The fraction of sp³-hybridized carbons (Fsp3) is 0.261. The predicted molar refractivity (Wildman–Crippen MR) is 103 cm³/mol. The number of Topliss-reactive ketones (excluding diaryl/α,β-unsaturated/α-hetero) is 1. The van der Waals surface area contributed by atoms with Gasteiger partial charge in [-0.2, -0.15) is 52.7 Å². The van der Waals surface area contributed by atoms with E-state index in [4.69, 9.17) is 0 Å². The van der Waals surface area contributed by atoms with E-state index in [-0.39, 0.29) is 0 Å². The number of benzene rings is 2. The largest absolute Gasteiger partial charge is 0.417 e. The van der Waals surface area contributed by atoms with Crippen molar-refractivity contribution < 1.29 is 57.5 Å². The Morgan fingerprint density at radius 3 is 0.972 bits per heavy atom. The molecule has 0 unspecified atom stereocenters. The van der Waals surface area contributed by atoms with Gasteiger partial charge in [0.1, 0.15) is 0 Å². The van der Waals surface area contributed by atoms with Gasteiger partial charge >= 0.3 is 24.7 Å². The standard InChI is InChI=1S/C23H12F12O/c24-20(25,26)15-3-1-4-16(21(27,28)29)13(15)9-11-7-8-12(19(11)36)10-14-17(22(30,31)32)5-2-6-18(14)23(33,34)35/h1-6,9-10H,7-8H2/b11-9+,12-10+. The summed E-state index contributed by atoms with van der Waals surface area (Å²) < 4.78 is 160. The zero-order chi connectivity index (χ0) is 27.3. The molecule has 1 aliphatic carbocycles. The second-order valence-electron chi connectivity index (χ2n) is 7.69. The summed E-state index contributed by atoms with van der Waals surface area (Å²) in [5.74, 6) is -1.26. The van der Waals surface area contributed by atoms with Crippen LogP contribution in [0.4, 0.5) is 52.7 Å². The van der Waals surface area contributed by atoms with Crippen molar-refractivity contribution in [3.8, 4) is 0 Å². The van der Waals surface area contributed by atoms with Gasteiger partial charge in [0.25, 0.3) is 0 Å². The average Bonchev–Trinajstić information content (AvgIpc) is 3.04. The van der Waals surface area contributed by atoms with Crippen LogP contribution in [0.5, 0.6) is 0 Å². The summed E-state index contributed by atoms with van der Waals surface area (Å²) in [6, 6.07) is 2.45. The number of hydrogen-bond donors (Lipinski definition) is 0. The Morgan fingerprint density at radius 2 is 0.750 bits per heavy atom. The second kappa shape index (κ2) is 9.00. The van der Waals surface area contributed by atoms with E-state index in [9.17, 15) is 57.5 Å². The van der Waals surface area contributed by atoms with Crippen molar-refractivity contribution in [3.05, 3.63) is 80.9 Å². The summed E-state index contributed by atoms with van der Waals surface area (Å²) in [5.41, 5.74) is -10.9. The first kappa shape index (κ1) is 27.3. The van der Waals surface area contributed by atoms with Crippen LogP contribution in [0.1, 0.15) is 46.2 Å². The first-order chi connectivity index (χ1) is 16.3. The Labute approximate surface area is 194 Å². The van der Waals surface area contributed by atoms with Crippen LogP contribution in [0.25, 0.3) is 12.2 Å². The van der Waals surface area contributed by atoms with Gasteiger partial charge in [-0.05, 0) is 60.4 Å². The topological polar surface area (TPSA) is 17.1 Å². The summed E-state index contributed by atoms with van der Waals surface area (Å²) in [5, 5.41) is 0. The van der Waals surface area contributed by atoms with E-state index in [1.807, 2.05) is 0 Å². The maximum absolute atomic E-state index is 13.4. The smallest absolute Gasteiger partial charge is 0.289 e. The Balaban J connectivity index is 2.18. The molecule has 36 heavy (non-hydrogen) atoms. The monoisotopic (exact) mass is 532 g/mol. The fourth-order valence-corrected chi connectivity index (χ4v) is 3.76. The highest BCUT2D eigenvalue weighted by Gasteiger charge is 2.42. The molecule has 1 nitrogen and oxygen atoms in total. The maximum atomic E-state index is 13.4. The maximum Gasteiger partial charge on any atom is 0.417 e. The molecule has 0 N–H and O–H groups in total. The first-order valence-corrected chi connectivity index (χ1v) is 9.82. The Kier molecular flexibility index (Phi) is 6.84. The summed E-state index contributed by atoms with van der Waals surface area (Å²) in [6.45, 7) is 0. The van der Waals surface area contributed by atoms with Crippen molar-refractivity contribution in [2.24, 2.45) is 0 Å². The number of carbonyl (C=O) groups excluding carboxylic acids is 1. The third-order valence-corrected chi connectivity index (χ3v) is 5.32. The lowest BCUT2D eigenvalue weighted by atomic mass is 9.95. The quantitative estimate of drug-likeness (QED) is 0.280. The van der Waals surface area contributed by atoms with Crippen molar-refractivity contribution in [1.29, 1.82) is 0 Å². The Hall–Kier alpha value is -3.25. The zero-order valence-corrected chi connectivity index (χ0v) is 17.5. The van der Waals surface area contributed by atoms with Gasteiger partial charge in [0.15, 0.2) is 5.78 Å². The number of ketones is 1. The van der Waals surface area contributed by atoms with E-state index in [0.29, 0.717) is 48.6 Å². The van der Waals surface area contributed by atoms with Crippen molar-refractivity contribution >= 4 is 17.9 Å². The van der Waals surface area contributed by atoms with Gasteiger partial charge in [0.2, 0.25) is 0 Å². The van der Waals surface area contributed by atoms with E-state index in [0.717, 1.165) is 0 Å². The molecular weight excluding hydrogens is 520 g/mol. The molecule has 0 atom stereocenters. The highest BCUT2D eigenvalue weighted by Crippen LogP contribution is 2.44. The van der Waals surface area contributed by atoms with Crippen LogP contribution < -0.4 is 0 Å². The van der Waals surface area contributed by atoms with Crippen molar-refractivity contribution in [1.82, 2.24) is 0 Å². The molecule has 0 radical (unpaired) electrons. The van der Waals surface area contributed by atoms with Crippen LogP contribution in [0.15, 0.2) is 47.5 Å². The van der Waals surface area contributed by atoms with Gasteiger partial charge in [-0.3, -0.25) is 4.79 Å². The number of alkyl halides is 12. The highest BCUT2D eigenvalue weighted by atomic mass is 19.4. The zero-order valence-electron chi connectivity index (χ0n) is 17.5. The van der Waals surface area contributed by atoms with Crippen LogP contribution in [0.3, 0.4) is 0 Å². The number of hydrogen-bond acceptors (Lipinski definition) is 1. The van der Waals surface area contributed by atoms with Gasteiger partial charge in [-0.1, -0.05) is 12.1 Å². The molecule has 194 valence electrons. The lowest BCUT2D eigenvalue weighted by Gasteiger charge is -2.17. The molecule has 0 amide bonds. The van der Waals surface area contributed by atoms with E-state index >= 15 is 0 Å². The molecule has 0 bridgehead atoms. The normalized spacial score (nSPS) is 17.9. The summed E-state index contributed by atoms with van der Waals surface area (Å²) in [6.07, 6.45) is -21.3. The van der Waals surface area contributed by atoms with Crippen LogP contribution in [0, 0.1) is 0 Å². The molecule has 1 aliphatic rings. The minimum absolute atomic E-state index is 0.329. The molecule has 1 fully saturated rings. The molecule has 1 saturated carbocycles. The minimum atomic E-state index is -5.25. The molecule has 0 spiro atoms. The molecule has 13 heteroatoms. The molecular formula is C23H12F12O. The minimum Gasteiger partial charge on any atom is -0.289 e. The lowest BCUT2D eigenvalue weighted by Crippen LogP contribution is -2.15. The van der Waals surface area contributed by atoms with Crippen LogP contribution >= 0.6 is 0 Å². The van der Waals surface area contributed by atoms with Crippen molar-refractivity contribution in [3.63, 3.8) is 0 Å². The van der Waals surface area contributed by atoms with Gasteiger partial charge < -0.3 is 0 Å². The van der Waals surface area contributed by atoms with Gasteiger partial charge in [0, 0.05) is 11.1 Å². The second-order valence-corrected chi connectivity index (χ2v) is 7.69. The van der Waals surface area contributed by atoms with Crippen LogP contribution in [-0.2, 0) is 29.5 Å². The molecule has 0 aromatic heterocycles. The molecule has 3 rings (SSSR count). The van der Waals surface area contributed by atoms with Crippen molar-refractivity contribution in [2.75, 3.05) is 0 Å². The number of allylic oxidation sites excluding steroid dienone is 2. The van der Waals surface area contributed by atoms with E-state index in [1.54, 1.807) is 0 Å². The third-order valence-electron chi connectivity index (χ3n) is 5.32. The van der Waals surface area contributed by atoms with Gasteiger partial charge in [0.05, 0.1) is 22.3 Å². The number of carbonyl (C=O) groups is 1. The molecule has 2 aromatic rings. The van der Waals surface area contributed by atoms with Gasteiger partial charge in [-0.15, -0.1) is 0 Å². The SMILES string of the molecule is O=C1/C(=C/c2c(C(F)(F)F)cccc2C(F)(F)F)CC/C1=C\c1c(C(F)(F)F)cccc1C(F)(F)F. The molecule has 0 aliphatic heterocycles. The summed E-state index contributed by atoms with van der Waals surface area (Å²) >= 11 is 0. The molecule has 0 saturated heterocycles. The fourth-order valence-electron chi connectivity index (χ4n) is 3.76. The average molecular weight is 532 g/mol. The van der Waals surface area contributed by atoms with Crippen molar-refractivity contribution in [2.45, 2.75) is 37.5 Å². The van der Waals surface area contributed by atoms with E-state index < -0.39 is 87.9 Å². The van der Waals surface area contributed by atoms with Crippen LogP contribution in [-0.4, -0.2) is 5.78 Å². The highest BCUT2D eigenvalue weighted by molar-refractivity contribution is 6.15. The Bertz CT molecular complexity index is 1080. The third kappa shape index (κ3) is 5.59. The predicted octanol–water partition coefficient (Wildman–Crippen LogP) is 8.59. The van der Waals surface area contributed by atoms with E-state index in [2.05, 4.69) is 0 Å². The summed E-state index contributed by atoms with van der Waals surface area (Å²) in [7, 11) is 0. The first-order valence-electron chi connectivity index (χ1n) is 9.82. The number of halogens is 12. The van der Waals surface area contributed by atoms with E-state index in [1.165, 1.54) is 0 Å². The Morgan fingerprint density at radius 1 is 0.500 bits per heavy atom. The summed E-state index contributed by atoms with van der Waals surface area (Å²) in [4.78, 5) is 12.7. The molecule has 2 aromatic carbocycles. The number of rotatable bonds is 2. The van der Waals surface area contributed by atoms with Gasteiger partial charge in [-0.25, -0.2) is 0 Å². The lowest BCUT2D eigenvalue weighted by molar-refractivity contribution is -0.145. The van der Waals surface area contributed by atoms with Crippen LogP contribution in [0.2, 0.25) is 0 Å².